The highest BCUT2D eigenvalue weighted by atomic mass is 15.2. The second-order valence-electron chi connectivity index (χ2n) is 7.97. The molecule has 1 saturated carbocycles. The van der Waals surface area contributed by atoms with Gasteiger partial charge >= 0.3 is 0 Å². The van der Waals surface area contributed by atoms with Crippen molar-refractivity contribution in [1.29, 1.82) is 0 Å². The zero-order chi connectivity index (χ0) is 16.7. The predicted octanol–water partition coefficient (Wildman–Crippen LogP) is 3.24. The second kappa shape index (κ2) is 9.51. The van der Waals surface area contributed by atoms with Crippen LogP contribution < -0.4 is 10.6 Å². The van der Waals surface area contributed by atoms with Crippen LogP contribution in [0.25, 0.3) is 0 Å². The van der Waals surface area contributed by atoms with E-state index >= 15 is 0 Å². The fourth-order valence-electron chi connectivity index (χ4n) is 3.46. The molecular weight excluding hydrogens is 284 g/mol. The Morgan fingerprint density at radius 1 is 1.17 bits per heavy atom. The minimum absolute atomic E-state index is 0.498. The van der Waals surface area contributed by atoms with E-state index in [1.54, 1.807) is 0 Å². The molecular formula is C19H38N4. The van der Waals surface area contributed by atoms with Crippen molar-refractivity contribution in [1.82, 2.24) is 15.5 Å². The maximum absolute atomic E-state index is 4.86. The molecule has 1 saturated heterocycles. The number of likely N-dealkylation sites (tertiary alicyclic amines) is 1. The molecule has 0 aromatic heterocycles. The normalized spacial score (nSPS) is 24.2. The lowest BCUT2D eigenvalue weighted by Gasteiger charge is -2.19. The zero-order valence-corrected chi connectivity index (χ0v) is 15.8. The summed E-state index contributed by atoms with van der Waals surface area (Å²) in [4.78, 5) is 7.54. The lowest BCUT2D eigenvalue weighted by atomic mass is 10.0. The highest BCUT2D eigenvalue weighted by Gasteiger charge is 2.34. The summed E-state index contributed by atoms with van der Waals surface area (Å²) < 4.78 is 0. The second-order valence-corrected chi connectivity index (χ2v) is 7.97. The van der Waals surface area contributed by atoms with Crippen LogP contribution in [-0.4, -0.2) is 49.1 Å². The molecule has 2 unspecified atom stereocenters. The van der Waals surface area contributed by atoms with Crippen LogP contribution in [0.2, 0.25) is 0 Å². The van der Waals surface area contributed by atoms with Crippen LogP contribution in [0.1, 0.15) is 66.2 Å². The summed E-state index contributed by atoms with van der Waals surface area (Å²) in [7, 11) is 0. The lowest BCUT2D eigenvalue weighted by molar-refractivity contribution is 0.315. The van der Waals surface area contributed by atoms with Crippen LogP contribution >= 0.6 is 0 Å². The van der Waals surface area contributed by atoms with Crippen LogP contribution in [0.3, 0.4) is 0 Å². The smallest absolute Gasteiger partial charge is 0.191 e. The molecule has 2 N–H and O–H groups in total. The molecule has 2 aliphatic rings. The van der Waals surface area contributed by atoms with Gasteiger partial charge < -0.3 is 15.5 Å². The standard InChI is InChI=1S/C19H38N4/c1-5-20-19(22-16(4)8-6-7-15(2)3)21-13-17-11-12-23(14-17)18-9-10-18/h15-18H,5-14H2,1-4H3,(H2,20,21,22). The molecule has 23 heavy (non-hydrogen) atoms. The molecule has 0 aromatic rings. The molecule has 2 fully saturated rings. The number of rotatable bonds is 9. The van der Waals surface area contributed by atoms with Gasteiger partial charge in [-0.3, -0.25) is 4.99 Å². The van der Waals surface area contributed by atoms with Crippen molar-refractivity contribution in [2.45, 2.75) is 78.3 Å². The Hall–Kier alpha value is -0.770. The molecule has 0 amide bonds. The first-order valence-corrected chi connectivity index (χ1v) is 9.87. The van der Waals surface area contributed by atoms with E-state index in [1.165, 1.54) is 51.6 Å². The number of guanidine groups is 1. The SMILES string of the molecule is CCNC(=NCC1CCN(C2CC2)C1)NC(C)CCCC(C)C. The van der Waals surface area contributed by atoms with E-state index < -0.39 is 0 Å². The molecule has 1 aliphatic heterocycles. The van der Waals surface area contributed by atoms with Gasteiger partial charge in [0.05, 0.1) is 0 Å². The molecule has 134 valence electrons. The van der Waals surface area contributed by atoms with E-state index in [1.807, 2.05) is 0 Å². The molecule has 2 atom stereocenters. The van der Waals surface area contributed by atoms with Gasteiger partial charge in [0, 0.05) is 31.7 Å². The fourth-order valence-corrected chi connectivity index (χ4v) is 3.46. The molecule has 0 bridgehead atoms. The van der Waals surface area contributed by atoms with Crippen LogP contribution in [0.4, 0.5) is 0 Å². The largest absolute Gasteiger partial charge is 0.357 e. The Bertz CT molecular complexity index is 362. The first kappa shape index (κ1) is 18.6. The van der Waals surface area contributed by atoms with Gasteiger partial charge in [0.25, 0.3) is 0 Å². The van der Waals surface area contributed by atoms with Crippen molar-refractivity contribution >= 4 is 5.96 Å². The third-order valence-electron chi connectivity index (χ3n) is 5.03. The molecule has 1 aliphatic carbocycles. The van der Waals surface area contributed by atoms with Crippen LogP contribution in [0, 0.1) is 11.8 Å². The van der Waals surface area contributed by atoms with Gasteiger partial charge in [0.15, 0.2) is 5.96 Å². The summed E-state index contributed by atoms with van der Waals surface area (Å²) >= 11 is 0. The van der Waals surface area contributed by atoms with E-state index in [4.69, 9.17) is 4.99 Å². The van der Waals surface area contributed by atoms with Crippen molar-refractivity contribution in [3.63, 3.8) is 0 Å². The summed E-state index contributed by atoms with van der Waals surface area (Å²) in [6.45, 7) is 13.5. The molecule has 0 spiro atoms. The number of hydrogen-bond acceptors (Lipinski definition) is 2. The molecule has 4 heteroatoms. The van der Waals surface area contributed by atoms with Gasteiger partial charge in [-0.05, 0) is 57.9 Å². The Kier molecular flexibility index (Phi) is 7.68. The van der Waals surface area contributed by atoms with Gasteiger partial charge in [-0.25, -0.2) is 0 Å². The third kappa shape index (κ3) is 7.11. The van der Waals surface area contributed by atoms with Gasteiger partial charge in [-0.1, -0.05) is 26.7 Å². The fraction of sp³-hybridized carbons (Fsp3) is 0.947. The number of aliphatic imine (C=N–C) groups is 1. The van der Waals surface area contributed by atoms with E-state index in [9.17, 15) is 0 Å². The van der Waals surface area contributed by atoms with Crippen LogP contribution in [-0.2, 0) is 0 Å². The Balaban J connectivity index is 1.70. The third-order valence-corrected chi connectivity index (χ3v) is 5.03. The molecule has 2 rings (SSSR count). The summed E-state index contributed by atoms with van der Waals surface area (Å²) in [6.07, 6.45) is 8.01. The van der Waals surface area contributed by atoms with Crippen LogP contribution in [0.15, 0.2) is 4.99 Å². The van der Waals surface area contributed by atoms with Gasteiger partial charge in [0.1, 0.15) is 0 Å². The Morgan fingerprint density at radius 2 is 1.96 bits per heavy atom. The first-order valence-electron chi connectivity index (χ1n) is 9.87. The van der Waals surface area contributed by atoms with Crippen molar-refractivity contribution < 1.29 is 0 Å². The zero-order valence-electron chi connectivity index (χ0n) is 15.8. The van der Waals surface area contributed by atoms with E-state index in [0.717, 1.165) is 36.9 Å². The maximum atomic E-state index is 4.86. The minimum atomic E-state index is 0.498. The summed E-state index contributed by atoms with van der Waals surface area (Å²) in [5, 5.41) is 7.00. The average Bonchev–Trinajstić information content (AvgIpc) is 3.24. The van der Waals surface area contributed by atoms with E-state index in [2.05, 4.69) is 43.2 Å². The topological polar surface area (TPSA) is 39.7 Å². The van der Waals surface area contributed by atoms with Gasteiger partial charge in [0.2, 0.25) is 0 Å². The van der Waals surface area contributed by atoms with Crippen molar-refractivity contribution in [2.75, 3.05) is 26.2 Å². The average molecular weight is 323 g/mol. The molecule has 1 heterocycles. The van der Waals surface area contributed by atoms with E-state index in [0.29, 0.717) is 6.04 Å². The Labute approximate surface area is 143 Å². The van der Waals surface area contributed by atoms with Crippen molar-refractivity contribution in [3.05, 3.63) is 0 Å². The molecule has 4 nitrogen and oxygen atoms in total. The summed E-state index contributed by atoms with van der Waals surface area (Å²) in [5.41, 5.74) is 0. The van der Waals surface area contributed by atoms with Crippen LogP contribution in [0.5, 0.6) is 0 Å². The molecule has 0 radical (unpaired) electrons. The quantitative estimate of drug-likeness (QED) is 0.506. The van der Waals surface area contributed by atoms with Crippen molar-refractivity contribution in [3.8, 4) is 0 Å². The van der Waals surface area contributed by atoms with Gasteiger partial charge in [-0.2, -0.15) is 0 Å². The maximum Gasteiger partial charge on any atom is 0.191 e. The highest BCUT2D eigenvalue weighted by molar-refractivity contribution is 5.80. The summed E-state index contributed by atoms with van der Waals surface area (Å²) in [5.74, 6) is 2.57. The molecule has 0 aromatic carbocycles. The first-order chi connectivity index (χ1) is 11.1. The minimum Gasteiger partial charge on any atom is -0.357 e. The number of hydrogen-bond donors (Lipinski definition) is 2. The summed E-state index contributed by atoms with van der Waals surface area (Å²) in [6, 6.07) is 1.41. The Morgan fingerprint density at radius 3 is 2.61 bits per heavy atom. The van der Waals surface area contributed by atoms with E-state index in [-0.39, 0.29) is 0 Å². The van der Waals surface area contributed by atoms with Gasteiger partial charge in [-0.15, -0.1) is 0 Å². The van der Waals surface area contributed by atoms with Crippen molar-refractivity contribution in [2.24, 2.45) is 16.8 Å². The number of nitrogens with zero attached hydrogens (tertiary/aromatic N) is 2. The lowest BCUT2D eigenvalue weighted by Crippen LogP contribution is -2.42. The highest BCUT2D eigenvalue weighted by Crippen LogP contribution is 2.31. The number of nitrogens with one attached hydrogen (secondary N) is 2. The predicted molar refractivity (Wildman–Crippen MR) is 100.0 cm³/mol. The monoisotopic (exact) mass is 322 g/mol.